The van der Waals surface area contributed by atoms with E-state index in [0.717, 1.165) is 44.5 Å². The van der Waals surface area contributed by atoms with Crippen molar-refractivity contribution in [2.45, 2.75) is 45.6 Å². The van der Waals surface area contributed by atoms with Gasteiger partial charge in [-0.1, -0.05) is 19.1 Å². The highest BCUT2D eigenvalue weighted by Crippen LogP contribution is 2.22. The number of benzene rings is 1. The Labute approximate surface area is 191 Å². The molecule has 0 unspecified atom stereocenters. The van der Waals surface area contributed by atoms with Crippen LogP contribution in [0.4, 0.5) is 5.69 Å². The molecule has 1 atom stereocenters. The van der Waals surface area contributed by atoms with Crippen LogP contribution >= 0.6 is 0 Å². The van der Waals surface area contributed by atoms with E-state index >= 15 is 0 Å². The van der Waals surface area contributed by atoms with Gasteiger partial charge in [0, 0.05) is 31.4 Å². The molecule has 1 saturated heterocycles. The average Bonchev–Trinajstić information content (AvgIpc) is 3.28. The fourth-order valence-electron chi connectivity index (χ4n) is 4.38. The van der Waals surface area contributed by atoms with Gasteiger partial charge in [0.2, 0.25) is 10.0 Å². The van der Waals surface area contributed by atoms with Crippen LogP contribution in [-0.4, -0.2) is 62.0 Å². The van der Waals surface area contributed by atoms with Crippen molar-refractivity contribution >= 4 is 21.6 Å². The third-order valence-corrected chi connectivity index (χ3v) is 7.43. The summed E-state index contributed by atoms with van der Waals surface area (Å²) >= 11 is 0. The number of piperidine rings is 1. The first-order valence-electron chi connectivity index (χ1n) is 11.4. The zero-order valence-corrected chi connectivity index (χ0v) is 20.1. The topological polar surface area (TPSA) is 82.9 Å². The lowest BCUT2D eigenvalue weighted by molar-refractivity contribution is 0.0996. The number of rotatable bonds is 10. The van der Waals surface area contributed by atoms with Gasteiger partial charge in [-0.05, 0) is 74.9 Å². The highest BCUT2D eigenvalue weighted by atomic mass is 32.2. The lowest BCUT2D eigenvalue weighted by atomic mass is 9.96. The van der Waals surface area contributed by atoms with Crippen molar-refractivity contribution in [2.75, 3.05) is 37.8 Å². The Balaban J connectivity index is 1.57. The van der Waals surface area contributed by atoms with E-state index in [1.807, 2.05) is 18.2 Å². The van der Waals surface area contributed by atoms with Gasteiger partial charge in [0.25, 0.3) is 5.91 Å². The summed E-state index contributed by atoms with van der Waals surface area (Å²) in [7, 11) is -3.09. The minimum atomic E-state index is -3.09. The number of hydrogen-bond acceptors (Lipinski definition) is 5. The van der Waals surface area contributed by atoms with Gasteiger partial charge in [0.05, 0.1) is 12.5 Å². The Morgan fingerprint density at radius 3 is 2.62 bits per heavy atom. The second-order valence-electron chi connectivity index (χ2n) is 8.79. The third kappa shape index (κ3) is 6.92. The van der Waals surface area contributed by atoms with E-state index in [9.17, 15) is 13.2 Å². The summed E-state index contributed by atoms with van der Waals surface area (Å²) in [5.41, 5.74) is 1.93. The summed E-state index contributed by atoms with van der Waals surface area (Å²) in [6.45, 7) is 7.68. The van der Waals surface area contributed by atoms with Crippen LogP contribution in [0.2, 0.25) is 0 Å². The van der Waals surface area contributed by atoms with Crippen molar-refractivity contribution in [1.82, 2.24) is 9.21 Å². The molecule has 7 nitrogen and oxygen atoms in total. The first-order valence-corrected chi connectivity index (χ1v) is 13.2. The van der Waals surface area contributed by atoms with E-state index in [-0.39, 0.29) is 5.91 Å². The van der Waals surface area contributed by atoms with Gasteiger partial charge in [-0.25, -0.2) is 12.7 Å². The Hall–Kier alpha value is -2.16. The van der Waals surface area contributed by atoms with Crippen LogP contribution in [-0.2, 0) is 16.4 Å². The van der Waals surface area contributed by atoms with Crippen molar-refractivity contribution in [3.63, 3.8) is 0 Å². The van der Waals surface area contributed by atoms with Crippen molar-refractivity contribution < 1.29 is 17.6 Å². The molecular formula is C24H35N3O4S. The van der Waals surface area contributed by atoms with E-state index in [1.165, 1.54) is 18.1 Å². The SMILES string of the molecule is CCCN(CC1CCN(S(C)(=O)=O)CC1)[C@@H](C)Cc1cccc(NC(=O)c2ccco2)c1. The van der Waals surface area contributed by atoms with Crippen LogP contribution in [0.5, 0.6) is 0 Å². The molecule has 0 radical (unpaired) electrons. The molecule has 0 spiro atoms. The number of anilines is 1. The van der Waals surface area contributed by atoms with Crippen LogP contribution in [0, 0.1) is 5.92 Å². The fraction of sp³-hybridized carbons (Fsp3) is 0.542. The Morgan fingerprint density at radius 2 is 2.00 bits per heavy atom. The highest BCUT2D eigenvalue weighted by Gasteiger charge is 2.27. The molecule has 0 saturated carbocycles. The number of amides is 1. The van der Waals surface area contributed by atoms with Gasteiger partial charge in [0.1, 0.15) is 0 Å². The molecule has 32 heavy (non-hydrogen) atoms. The second kappa shape index (κ2) is 11.1. The first-order chi connectivity index (χ1) is 15.3. The van der Waals surface area contributed by atoms with Crippen molar-refractivity contribution in [2.24, 2.45) is 5.92 Å². The average molecular weight is 462 g/mol. The molecule has 1 aliphatic rings. The summed E-state index contributed by atoms with van der Waals surface area (Å²) in [4.78, 5) is 14.8. The molecule has 8 heteroatoms. The van der Waals surface area contributed by atoms with Gasteiger partial charge in [0.15, 0.2) is 5.76 Å². The van der Waals surface area contributed by atoms with Crippen molar-refractivity contribution in [3.8, 4) is 0 Å². The number of carbonyl (C=O) groups excluding carboxylic acids is 1. The summed E-state index contributed by atoms with van der Waals surface area (Å²) in [6, 6.07) is 11.6. The third-order valence-electron chi connectivity index (χ3n) is 6.13. The van der Waals surface area contributed by atoms with Crippen LogP contribution in [0.1, 0.15) is 49.2 Å². The summed E-state index contributed by atoms with van der Waals surface area (Å²) in [6.07, 6.45) is 6.56. The van der Waals surface area contributed by atoms with Crippen LogP contribution in [0.25, 0.3) is 0 Å². The normalized spacial score (nSPS) is 16.9. The van der Waals surface area contributed by atoms with Crippen molar-refractivity contribution in [1.29, 1.82) is 0 Å². The number of sulfonamides is 1. The number of carbonyl (C=O) groups is 1. The molecule has 3 rings (SSSR count). The zero-order valence-electron chi connectivity index (χ0n) is 19.3. The molecular weight excluding hydrogens is 426 g/mol. The van der Waals surface area contributed by atoms with E-state index < -0.39 is 10.0 Å². The predicted octanol–water partition coefficient (Wildman–Crippen LogP) is 3.85. The number of nitrogens with zero attached hydrogens (tertiary/aromatic N) is 2. The van der Waals surface area contributed by atoms with E-state index in [2.05, 4.69) is 30.1 Å². The molecule has 2 heterocycles. The Morgan fingerprint density at radius 1 is 1.25 bits per heavy atom. The Bertz CT molecular complexity index is 967. The first kappa shape index (κ1) is 24.5. The highest BCUT2D eigenvalue weighted by molar-refractivity contribution is 7.88. The molecule has 2 aromatic rings. The Kier molecular flexibility index (Phi) is 8.51. The van der Waals surface area contributed by atoms with Gasteiger partial charge in [-0.15, -0.1) is 0 Å². The maximum absolute atomic E-state index is 12.3. The molecule has 1 aliphatic heterocycles. The smallest absolute Gasteiger partial charge is 0.291 e. The predicted molar refractivity (Wildman–Crippen MR) is 127 cm³/mol. The van der Waals surface area contributed by atoms with Gasteiger partial charge >= 0.3 is 0 Å². The van der Waals surface area contributed by atoms with Crippen molar-refractivity contribution in [3.05, 3.63) is 54.0 Å². The maximum Gasteiger partial charge on any atom is 0.291 e. The largest absolute Gasteiger partial charge is 0.459 e. The van der Waals surface area contributed by atoms with Crippen LogP contribution in [0.15, 0.2) is 47.1 Å². The van der Waals surface area contributed by atoms with Gasteiger partial charge in [-0.3, -0.25) is 4.79 Å². The minimum absolute atomic E-state index is 0.256. The monoisotopic (exact) mass is 461 g/mol. The lowest BCUT2D eigenvalue weighted by Crippen LogP contribution is -2.44. The number of furan rings is 1. The fourth-order valence-corrected chi connectivity index (χ4v) is 5.25. The molecule has 1 fully saturated rings. The molecule has 0 aliphatic carbocycles. The molecule has 176 valence electrons. The maximum atomic E-state index is 12.3. The van der Waals surface area contributed by atoms with Crippen LogP contribution in [0.3, 0.4) is 0 Å². The summed E-state index contributed by atoms with van der Waals surface area (Å²) < 4.78 is 30.3. The molecule has 1 aromatic carbocycles. The minimum Gasteiger partial charge on any atom is -0.459 e. The van der Waals surface area contributed by atoms with E-state index in [1.54, 1.807) is 16.4 Å². The lowest BCUT2D eigenvalue weighted by Gasteiger charge is -2.36. The molecule has 1 N–H and O–H groups in total. The number of hydrogen-bond donors (Lipinski definition) is 1. The zero-order chi connectivity index (χ0) is 23.1. The molecule has 0 bridgehead atoms. The van der Waals surface area contributed by atoms with E-state index in [4.69, 9.17) is 4.42 Å². The van der Waals surface area contributed by atoms with E-state index in [0.29, 0.717) is 30.8 Å². The van der Waals surface area contributed by atoms with Crippen LogP contribution < -0.4 is 5.32 Å². The second-order valence-corrected chi connectivity index (χ2v) is 10.8. The standard InChI is InChI=1S/C24H35N3O4S/c1-4-12-26(18-20-10-13-27(14-11-20)32(3,29)30)19(2)16-21-7-5-8-22(17-21)25-24(28)23-9-6-15-31-23/h5-9,15,17,19-20H,4,10-14,16,18H2,1-3H3,(H,25,28)/t19-/m0/s1. The number of nitrogens with one attached hydrogen (secondary N) is 1. The summed E-state index contributed by atoms with van der Waals surface area (Å²) in [5, 5.41) is 2.89. The molecule has 1 amide bonds. The molecule has 1 aromatic heterocycles. The van der Waals surface area contributed by atoms with Gasteiger partial charge in [-0.2, -0.15) is 0 Å². The van der Waals surface area contributed by atoms with Gasteiger partial charge < -0.3 is 14.6 Å². The summed E-state index contributed by atoms with van der Waals surface area (Å²) in [5.74, 6) is 0.550. The quantitative estimate of drug-likeness (QED) is 0.581.